The zero-order valence-electron chi connectivity index (χ0n) is 45.0. The smallest absolute Gasteiger partial charge is 0.393 e. The van der Waals surface area contributed by atoms with Crippen LogP contribution < -0.4 is 5.32 Å². The average molecular weight is 1020 g/mol. The van der Waals surface area contributed by atoms with Gasteiger partial charge in [0.25, 0.3) is 0 Å². The molecule has 1 amide bonds. The molecule has 0 aromatic rings. The quantitative estimate of drug-likeness (QED) is 0.0205. The van der Waals surface area contributed by atoms with Crippen molar-refractivity contribution in [1.82, 2.24) is 5.32 Å². The van der Waals surface area contributed by atoms with Gasteiger partial charge in [-0.25, -0.2) is 4.57 Å². The monoisotopic (exact) mass is 1020 g/mol. The second-order valence-electron chi connectivity index (χ2n) is 21.4. The van der Waals surface area contributed by atoms with E-state index < -0.39 is 75.2 Å². The van der Waals surface area contributed by atoms with Crippen molar-refractivity contribution in [3.8, 4) is 0 Å². The Morgan fingerprint density at radius 2 is 0.714 bits per heavy atom. The number of aliphatic hydroxyl groups is 7. The Balaban J connectivity index is 2.37. The molecule has 0 spiro atoms. The first-order valence-corrected chi connectivity index (χ1v) is 31.1. The molecule has 1 aliphatic rings. The molecule has 0 heterocycles. The molecular weight excluding hydrogens is 910 g/mol. The highest BCUT2D eigenvalue weighted by molar-refractivity contribution is 7.47. The number of hydrogen-bond acceptors (Lipinski definition) is 11. The Hall–Kier alpha value is -0.700. The molecule has 0 aromatic carbocycles. The van der Waals surface area contributed by atoms with Crippen molar-refractivity contribution in [3.63, 3.8) is 0 Å². The highest BCUT2D eigenvalue weighted by atomic mass is 31.2. The summed E-state index contributed by atoms with van der Waals surface area (Å²) in [6, 6.07) is -1.15. The van der Waals surface area contributed by atoms with Crippen LogP contribution >= 0.6 is 7.82 Å². The van der Waals surface area contributed by atoms with Crippen molar-refractivity contribution < 1.29 is 59.0 Å². The first-order valence-electron chi connectivity index (χ1n) is 29.6. The van der Waals surface area contributed by atoms with Crippen LogP contribution in [0.1, 0.15) is 290 Å². The van der Waals surface area contributed by atoms with Crippen molar-refractivity contribution in [2.75, 3.05) is 6.61 Å². The number of carbonyl (C=O) groups excluding carboxylic acids is 1. The molecule has 1 rings (SSSR count). The van der Waals surface area contributed by atoms with Crippen LogP contribution in [0.25, 0.3) is 0 Å². The Morgan fingerprint density at radius 1 is 0.443 bits per heavy atom. The largest absolute Gasteiger partial charge is 0.472 e. The molecule has 8 atom stereocenters. The number of nitrogens with one attached hydrogen (secondary N) is 1. The lowest BCUT2D eigenvalue weighted by atomic mass is 9.85. The molecule has 70 heavy (non-hydrogen) atoms. The van der Waals surface area contributed by atoms with E-state index in [0.29, 0.717) is 12.8 Å². The summed E-state index contributed by atoms with van der Waals surface area (Å²) in [7, 11) is -5.12. The molecule has 1 saturated carbocycles. The SMILES string of the molecule is CCCCCCCCCCCCCCCCCCCCCCCC(O)C(COP(=O)(O)OC1C(O)C(O)C(O)C(O)C1O)NC(=O)CC(O)CCCCCCCCCCCCCCCCCCCCC. The van der Waals surface area contributed by atoms with Crippen LogP contribution in [0.5, 0.6) is 0 Å². The van der Waals surface area contributed by atoms with E-state index in [0.717, 1.165) is 44.9 Å². The Kier molecular flexibility index (Phi) is 43.9. The van der Waals surface area contributed by atoms with Crippen LogP contribution in [0.15, 0.2) is 0 Å². The van der Waals surface area contributed by atoms with Crippen molar-refractivity contribution in [1.29, 1.82) is 0 Å². The minimum atomic E-state index is -5.12. The molecule has 0 aliphatic heterocycles. The first-order chi connectivity index (χ1) is 33.8. The van der Waals surface area contributed by atoms with Crippen LogP contribution in [0.2, 0.25) is 0 Å². The number of carbonyl (C=O) groups is 1. The highest BCUT2D eigenvalue weighted by Crippen LogP contribution is 2.47. The van der Waals surface area contributed by atoms with Crippen molar-refractivity contribution in [2.24, 2.45) is 0 Å². The molecule has 0 bridgehead atoms. The van der Waals surface area contributed by atoms with Crippen LogP contribution in [0.3, 0.4) is 0 Å². The third kappa shape index (κ3) is 36.3. The standard InChI is InChI=1S/C56H112NO12P/c1-3-5-7-9-11-13-15-17-19-21-23-24-26-28-30-32-34-36-38-40-42-44-49(59)48(46-68-70(66,67)69-56-54(64)52(62)51(61)53(63)55(56)65)57-50(60)45-47(58)43-41-39-37-35-33-31-29-27-25-22-20-18-16-14-12-10-8-6-4-2/h47-49,51-56,58-59,61-65H,3-46H2,1-2H3,(H,57,60)(H,66,67). The number of aliphatic hydroxyl groups excluding tert-OH is 7. The van der Waals surface area contributed by atoms with Gasteiger partial charge < -0.3 is 46.0 Å². The average Bonchev–Trinajstić information content (AvgIpc) is 3.34. The van der Waals surface area contributed by atoms with E-state index in [9.17, 15) is 50.0 Å². The molecule has 13 nitrogen and oxygen atoms in total. The van der Waals surface area contributed by atoms with Crippen LogP contribution in [-0.2, 0) is 18.4 Å². The van der Waals surface area contributed by atoms with Gasteiger partial charge in [-0.2, -0.15) is 0 Å². The van der Waals surface area contributed by atoms with E-state index in [1.54, 1.807) is 0 Å². The molecule has 14 heteroatoms. The summed E-state index contributed by atoms with van der Waals surface area (Å²) in [6.45, 7) is 3.85. The summed E-state index contributed by atoms with van der Waals surface area (Å²) in [4.78, 5) is 23.6. The minimum absolute atomic E-state index is 0.215. The van der Waals surface area contributed by atoms with Gasteiger partial charge in [0, 0.05) is 0 Å². The summed E-state index contributed by atoms with van der Waals surface area (Å²) in [5.41, 5.74) is 0. The van der Waals surface area contributed by atoms with Gasteiger partial charge in [-0.15, -0.1) is 0 Å². The molecule has 1 aliphatic carbocycles. The Morgan fingerprint density at radius 3 is 1.03 bits per heavy atom. The maximum Gasteiger partial charge on any atom is 0.472 e. The lowest BCUT2D eigenvalue weighted by Gasteiger charge is -2.41. The predicted molar refractivity (Wildman–Crippen MR) is 285 cm³/mol. The van der Waals surface area contributed by atoms with E-state index in [1.165, 1.54) is 205 Å². The second kappa shape index (κ2) is 45.7. The topological polar surface area (TPSA) is 226 Å². The van der Waals surface area contributed by atoms with Crippen molar-refractivity contribution in [2.45, 2.75) is 345 Å². The molecule has 0 radical (unpaired) electrons. The van der Waals surface area contributed by atoms with Crippen LogP contribution in [0.4, 0.5) is 0 Å². The fourth-order valence-electron chi connectivity index (χ4n) is 9.96. The van der Waals surface area contributed by atoms with E-state index in [4.69, 9.17) is 9.05 Å². The molecule has 418 valence electrons. The lowest BCUT2D eigenvalue weighted by molar-refractivity contribution is -0.220. The third-order valence-corrected chi connectivity index (χ3v) is 15.7. The number of phosphoric ester groups is 1. The third-order valence-electron chi connectivity index (χ3n) is 14.7. The number of unbranched alkanes of at least 4 members (excludes halogenated alkanes) is 38. The summed E-state index contributed by atoms with van der Waals surface area (Å²) >= 11 is 0. The molecule has 0 saturated heterocycles. The van der Waals surface area contributed by atoms with Gasteiger partial charge in [-0.3, -0.25) is 13.8 Å². The van der Waals surface area contributed by atoms with E-state index >= 15 is 0 Å². The second-order valence-corrected chi connectivity index (χ2v) is 22.8. The zero-order valence-corrected chi connectivity index (χ0v) is 45.9. The summed E-state index contributed by atoms with van der Waals surface area (Å²) in [5.74, 6) is -0.552. The maximum absolute atomic E-state index is 13.1. The summed E-state index contributed by atoms with van der Waals surface area (Å²) < 4.78 is 23.1. The number of amides is 1. The van der Waals surface area contributed by atoms with Gasteiger partial charge in [0.1, 0.15) is 36.6 Å². The van der Waals surface area contributed by atoms with E-state index in [-0.39, 0.29) is 12.8 Å². The summed E-state index contributed by atoms with van der Waals surface area (Å²) in [5, 5.41) is 75.1. The Bertz CT molecular complexity index is 1200. The van der Waals surface area contributed by atoms with Gasteiger partial charge in [0.05, 0.1) is 31.3 Å². The van der Waals surface area contributed by atoms with Gasteiger partial charge in [0.2, 0.25) is 5.91 Å². The lowest BCUT2D eigenvalue weighted by Crippen LogP contribution is -2.64. The van der Waals surface area contributed by atoms with Crippen molar-refractivity contribution >= 4 is 13.7 Å². The summed E-state index contributed by atoms with van der Waals surface area (Å²) in [6.07, 6.45) is 37.1. The highest BCUT2D eigenvalue weighted by Gasteiger charge is 2.51. The van der Waals surface area contributed by atoms with Crippen molar-refractivity contribution in [3.05, 3.63) is 0 Å². The zero-order chi connectivity index (χ0) is 51.5. The first kappa shape index (κ1) is 67.3. The molecule has 9 N–H and O–H groups in total. The normalized spacial score (nSPS) is 21.7. The number of hydrogen-bond donors (Lipinski definition) is 9. The molecule has 1 fully saturated rings. The minimum Gasteiger partial charge on any atom is -0.393 e. The van der Waals surface area contributed by atoms with E-state index in [1.807, 2.05) is 0 Å². The number of rotatable bonds is 51. The van der Waals surface area contributed by atoms with Gasteiger partial charge in [-0.1, -0.05) is 271 Å². The van der Waals surface area contributed by atoms with Crippen LogP contribution in [-0.4, -0.2) is 108 Å². The van der Waals surface area contributed by atoms with Gasteiger partial charge >= 0.3 is 7.82 Å². The van der Waals surface area contributed by atoms with Gasteiger partial charge in [-0.05, 0) is 12.8 Å². The fourth-order valence-corrected chi connectivity index (χ4v) is 10.9. The van der Waals surface area contributed by atoms with Crippen LogP contribution in [0, 0.1) is 0 Å². The van der Waals surface area contributed by atoms with E-state index in [2.05, 4.69) is 19.2 Å². The maximum atomic E-state index is 13.1. The molecule has 0 aromatic heterocycles. The molecular formula is C56H112NO12P. The fraction of sp³-hybridized carbons (Fsp3) is 0.982. The predicted octanol–water partition coefficient (Wildman–Crippen LogP) is 12.3. The molecule has 8 unspecified atom stereocenters. The number of phosphoric acid groups is 1. The van der Waals surface area contributed by atoms with Gasteiger partial charge in [0.15, 0.2) is 0 Å². The Labute approximate surface area is 428 Å².